The van der Waals surface area contributed by atoms with Crippen LogP contribution in [0.1, 0.15) is 16.1 Å². The second kappa shape index (κ2) is 6.22. The number of amides is 1. The number of rotatable bonds is 4. The molecule has 0 bridgehead atoms. The lowest BCUT2D eigenvalue weighted by Crippen LogP contribution is -2.64. The third-order valence-corrected chi connectivity index (χ3v) is 5.62. The van der Waals surface area contributed by atoms with Gasteiger partial charge in [0.1, 0.15) is 11.5 Å². The summed E-state index contributed by atoms with van der Waals surface area (Å²) < 4.78 is 5.59. The van der Waals surface area contributed by atoms with E-state index in [9.17, 15) is 9.90 Å². The van der Waals surface area contributed by atoms with Crippen LogP contribution < -0.4 is 10.2 Å². The van der Waals surface area contributed by atoms with Crippen molar-refractivity contribution in [2.45, 2.75) is 5.60 Å². The third kappa shape index (κ3) is 2.53. The number of benzene rings is 1. The average molecular weight is 413 g/mol. The Balaban J connectivity index is 1.33. The van der Waals surface area contributed by atoms with Crippen LogP contribution in [0.2, 0.25) is 5.02 Å². The van der Waals surface area contributed by atoms with Crippen LogP contribution in [0.15, 0.2) is 65.1 Å². The van der Waals surface area contributed by atoms with Crippen molar-refractivity contribution in [1.82, 2.24) is 9.97 Å². The number of pyridine rings is 1. The highest BCUT2D eigenvalue weighted by molar-refractivity contribution is 7.07. The number of carbonyl (C=O) groups excluding carboxylic acids is 1. The largest absolute Gasteiger partial charge is 0.480 e. The maximum absolute atomic E-state index is 12.0. The molecular weight excluding hydrogens is 400 g/mol. The SMILES string of the molecule is O=C(Nc1ccc(N2CC3(c4ccc(Cl)cc4)OC(O)=C23)cn1)c1cscn1. The number of aliphatic hydroxyl groups excluding tert-OH is 1. The predicted molar refractivity (Wildman–Crippen MR) is 106 cm³/mol. The number of thiazole rings is 1. The van der Waals surface area contributed by atoms with Crippen molar-refractivity contribution in [2.24, 2.45) is 0 Å². The van der Waals surface area contributed by atoms with Crippen molar-refractivity contribution < 1.29 is 14.6 Å². The molecule has 3 aromatic rings. The summed E-state index contributed by atoms with van der Waals surface area (Å²) in [6, 6.07) is 10.9. The number of nitrogens with one attached hydrogen (secondary N) is 1. The molecule has 1 fully saturated rings. The quantitative estimate of drug-likeness (QED) is 0.675. The van der Waals surface area contributed by atoms with Crippen LogP contribution in [0, 0.1) is 0 Å². The van der Waals surface area contributed by atoms with Crippen LogP contribution in [0.4, 0.5) is 11.5 Å². The second-order valence-electron chi connectivity index (χ2n) is 6.41. The Labute approximate surface area is 168 Å². The Hall–Kier alpha value is -3.10. The van der Waals surface area contributed by atoms with E-state index in [2.05, 4.69) is 15.3 Å². The summed E-state index contributed by atoms with van der Waals surface area (Å²) in [5.41, 5.74) is 3.72. The zero-order valence-electron chi connectivity index (χ0n) is 14.3. The number of halogens is 1. The van der Waals surface area contributed by atoms with Crippen molar-refractivity contribution >= 4 is 40.4 Å². The van der Waals surface area contributed by atoms with E-state index in [0.717, 1.165) is 11.3 Å². The molecule has 2 aromatic heterocycles. The Morgan fingerprint density at radius 1 is 1.25 bits per heavy atom. The van der Waals surface area contributed by atoms with Gasteiger partial charge in [-0.3, -0.25) is 4.79 Å². The lowest BCUT2D eigenvalue weighted by Gasteiger charge is -2.57. The first kappa shape index (κ1) is 17.0. The van der Waals surface area contributed by atoms with E-state index >= 15 is 0 Å². The van der Waals surface area contributed by atoms with Gasteiger partial charge in [-0.25, -0.2) is 9.97 Å². The van der Waals surface area contributed by atoms with E-state index in [4.69, 9.17) is 16.3 Å². The molecule has 4 heterocycles. The number of hydrogen-bond acceptors (Lipinski definition) is 7. The number of fused-ring (bicyclic) bond motifs is 1. The average Bonchev–Trinajstić information content (AvgIpc) is 3.21. The predicted octanol–water partition coefficient (Wildman–Crippen LogP) is 3.92. The molecule has 28 heavy (non-hydrogen) atoms. The molecule has 0 aliphatic carbocycles. The van der Waals surface area contributed by atoms with Gasteiger partial charge in [0, 0.05) is 16.0 Å². The number of aliphatic hydroxyl groups is 1. The smallest absolute Gasteiger partial charge is 0.303 e. The van der Waals surface area contributed by atoms with Crippen molar-refractivity contribution in [3.05, 3.63) is 81.4 Å². The molecule has 2 aliphatic heterocycles. The minimum atomic E-state index is -0.647. The highest BCUT2D eigenvalue weighted by Gasteiger charge is 2.62. The van der Waals surface area contributed by atoms with Crippen molar-refractivity contribution in [2.75, 3.05) is 16.8 Å². The van der Waals surface area contributed by atoms with Crippen LogP contribution in [-0.4, -0.2) is 27.5 Å². The van der Waals surface area contributed by atoms with Crippen LogP contribution in [0.3, 0.4) is 0 Å². The maximum atomic E-state index is 12.0. The Morgan fingerprint density at radius 2 is 2.07 bits per heavy atom. The van der Waals surface area contributed by atoms with Crippen molar-refractivity contribution in [1.29, 1.82) is 0 Å². The normalized spacial score (nSPS) is 20.0. The summed E-state index contributed by atoms with van der Waals surface area (Å²) in [5, 5.41) is 15.1. The van der Waals surface area contributed by atoms with Gasteiger partial charge in [0.15, 0.2) is 5.70 Å². The van der Waals surface area contributed by atoms with Crippen LogP contribution in [-0.2, 0) is 10.3 Å². The number of hydrogen-bond donors (Lipinski definition) is 2. The summed E-state index contributed by atoms with van der Waals surface area (Å²) in [7, 11) is 0. The molecular formula is C19H13ClN4O3S. The molecule has 7 nitrogen and oxygen atoms in total. The first-order chi connectivity index (χ1) is 13.6. The van der Waals surface area contributed by atoms with Gasteiger partial charge in [0.2, 0.25) is 5.60 Å². The molecule has 2 N–H and O–H groups in total. The molecule has 0 saturated carbocycles. The highest BCUT2D eigenvalue weighted by Crippen LogP contribution is 2.56. The lowest BCUT2D eigenvalue weighted by molar-refractivity contribution is -0.118. The highest BCUT2D eigenvalue weighted by atomic mass is 35.5. The van der Waals surface area contributed by atoms with Crippen LogP contribution in [0.25, 0.3) is 0 Å². The first-order valence-corrected chi connectivity index (χ1v) is 9.71. The van der Waals surface area contributed by atoms with Crippen LogP contribution in [0.5, 0.6) is 0 Å². The molecule has 0 spiro atoms. The molecule has 0 radical (unpaired) electrons. The maximum Gasteiger partial charge on any atom is 0.303 e. The molecule has 1 unspecified atom stereocenters. The molecule has 1 saturated heterocycles. The molecule has 1 atom stereocenters. The Kier molecular flexibility index (Phi) is 3.78. The zero-order chi connectivity index (χ0) is 19.3. The number of ether oxygens (including phenoxy) is 1. The van der Waals surface area contributed by atoms with Gasteiger partial charge in [-0.1, -0.05) is 23.7 Å². The van der Waals surface area contributed by atoms with E-state index in [-0.39, 0.29) is 11.9 Å². The summed E-state index contributed by atoms with van der Waals surface area (Å²) in [4.78, 5) is 22.2. The van der Waals surface area contributed by atoms with E-state index in [1.807, 2.05) is 23.1 Å². The van der Waals surface area contributed by atoms with Gasteiger partial charge < -0.3 is 20.1 Å². The van der Waals surface area contributed by atoms with E-state index in [1.165, 1.54) is 11.3 Å². The fourth-order valence-corrected chi connectivity index (χ4v) is 4.05. The number of carbonyl (C=O) groups is 1. The molecule has 140 valence electrons. The van der Waals surface area contributed by atoms with Crippen LogP contribution >= 0.6 is 22.9 Å². The number of anilines is 2. The fraction of sp³-hybridized carbons (Fsp3) is 0.105. The van der Waals surface area contributed by atoms with Gasteiger partial charge >= 0.3 is 5.95 Å². The summed E-state index contributed by atoms with van der Waals surface area (Å²) >= 11 is 7.31. The Morgan fingerprint density at radius 3 is 2.71 bits per heavy atom. The zero-order valence-corrected chi connectivity index (χ0v) is 15.9. The summed E-state index contributed by atoms with van der Waals surface area (Å²) in [5.74, 6) is 0.0244. The molecule has 5 rings (SSSR count). The second-order valence-corrected chi connectivity index (χ2v) is 7.56. The first-order valence-electron chi connectivity index (χ1n) is 8.39. The van der Waals surface area contributed by atoms with E-state index in [1.54, 1.807) is 35.3 Å². The summed E-state index contributed by atoms with van der Waals surface area (Å²) in [6.07, 6.45) is 1.64. The molecule has 2 aliphatic rings. The van der Waals surface area contributed by atoms with E-state index in [0.29, 0.717) is 28.8 Å². The van der Waals surface area contributed by atoms with Gasteiger partial charge in [0.05, 0.1) is 23.9 Å². The van der Waals surface area contributed by atoms with Gasteiger partial charge in [-0.2, -0.15) is 0 Å². The van der Waals surface area contributed by atoms with Crippen molar-refractivity contribution in [3.63, 3.8) is 0 Å². The number of aromatic nitrogens is 2. The minimum Gasteiger partial charge on any atom is -0.480 e. The van der Waals surface area contributed by atoms with Gasteiger partial charge in [-0.05, 0) is 24.3 Å². The number of nitrogens with zero attached hydrogens (tertiary/aromatic N) is 3. The molecule has 1 aromatic carbocycles. The standard InChI is InChI=1S/C19H13ClN4O3S/c20-12-3-1-11(2-4-12)19-9-24(16(19)18(26)27-19)13-5-6-15(21-7-13)23-17(25)14-8-28-10-22-14/h1-8,10,26H,9H2,(H,21,23,25). The van der Waals surface area contributed by atoms with Gasteiger partial charge in [0.25, 0.3) is 5.91 Å². The lowest BCUT2D eigenvalue weighted by atomic mass is 9.78. The van der Waals surface area contributed by atoms with Gasteiger partial charge in [-0.15, -0.1) is 11.3 Å². The molecule has 1 amide bonds. The monoisotopic (exact) mass is 412 g/mol. The molecule has 9 heteroatoms. The summed E-state index contributed by atoms with van der Waals surface area (Å²) in [6.45, 7) is 0.542. The third-order valence-electron chi connectivity index (χ3n) is 4.78. The van der Waals surface area contributed by atoms with Crippen molar-refractivity contribution in [3.8, 4) is 0 Å². The van der Waals surface area contributed by atoms with E-state index < -0.39 is 5.60 Å². The minimum absolute atomic E-state index is 0.0953. The topological polar surface area (TPSA) is 87.6 Å². The Bertz CT molecular complexity index is 1080. The fourth-order valence-electron chi connectivity index (χ4n) is 3.39.